The van der Waals surface area contributed by atoms with Crippen molar-refractivity contribution < 1.29 is 4.79 Å². The minimum atomic E-state index is -0.265. The summed E-state index contributed by atoms with van der Waals surface area (Å²) in [5.41, 5.74) is 1.10. The van der Waals surface area contributed by atoms with Gasteiger partial charge in [-0.1, -0.05) is 51.1 Å². The lowest BCUT2D eigenvalue weighted by Crippen LogP contribution is -2.44. The zero-order valence-corrected chi connectivity index (χ0v) is 11.6. The molecule has 1 aliphatic rings. The average Bonchev–Trinajstić information content (AvgIpc) is 2.38. The molecule has 0 radical (unpaired) electrons. The Morgan fingerprint density at radius 2 is 1.89 bits per heavy atom. The van der Waals surface area contributed by atoms with E-state index in [0.717, 1.165) is 19.5 Å². The van der Waals surface area contributed by atoms with E-state index in [1.54, 1.807) is 0 Å². The van der Waals surface area contributed by atoms with E-state index in [1.165, 1.54) is 12.0 Å². The van der Waals surface area contributed by atoms with Gasteiger partial charge in [-0.2, -0.15) is 0 Å². The van der Waals surface area contributed by atoms with Crippen molar-refractivity contribution in [2.24, 2.45) is 5.41 Å². The van der Waals surface area contributed by atoms with Gasteiger partial charge in [0, 0.05) is 24.4 Å². The Hall–Kier alpha value is -1.31. The number of likely N-dealkylation sites (tertiary alicyclic amines) is 1. The van der Waals surface area contributed by atoms with Gasteiger partial charge in [0.15, 0.2) is 0 Å². The van der Waals surface area contributed by atoms with Crippen LogP contribution in [0.25, 0.3) is 0 Å². The molecule has 2 nitrogen and oxygen atoms in total. The molecule has 1 amide bonds. The van der Waals surface area contributed by atoms with E-state index >= 15 is 0 Å². The standard InChI is InChI=1S/C16H23NO/c1-16(2,3)15(18)17-11-7-10-14(12-17)13-8-5-4-6-9-13/h4-6,8-9,14H,7,10-12H2,1-3H3. The maximum Gasteiger partial charge on any atom is 0.227 e. The molecule has 1 saturated heterocycles. The summed E-state index contributed by atoms with van der Waals surface area (Å²) in [6.45, 7) is 7.80. The maximum absolute atomic E-state index is 12.3. The highest BCUT2D eigenvalue weighted by molar-refractivity contribution is 5.81. The molecule has 0 saturated carbocycles. The predicted molar refractivity (Wildman–Crippen MR) is 74.5 cm³/mol. The van der Waals surface area contributed by atoms with Crippen LogP contribution in [0.15, 0.2) is 30.3 Å². The fourth-order valence-corrected chi connectivity index (χ4v) is 2.63. The third kappa shape index (κ3) is 2.92. The molecule has 0 spiro atoms. The van der Waals surface area contributed by atoms with E-state index < -0.39 is 0 Å². The second-order valence-electron chi connectivity index (χ2n) is 6.25. The van der Waals surface area contributed by atoms with Crippen LogP contribution in [-0.2, 0) is 4.79 Å². The molecule has 98 valence electrons. The van der Waals surface area contributed by atoms with Gasteiger partial charge < -0.3 is 4.90 Å². The molecule has 1 aromatic carbocycles. The first kappa shape index (κ1) is 13.1. The summed E-state index contributed by atoms with van der Waals surface area (Å²) in [6, 6.07) is 10.6. The molecule has 0 aliphatic carbocycles. The number of hydrogen-bond donors (Lipinski definition) is 0. The van der Waals surface area contributed by atoms with Gasteiger partial charge in [-0.3, -0.25) is 4.79 Å². The molecule has 1 heterocycles. The smallest absolute Gasteiger partial charge is 0.227 e. The van der Waals surface area contributed by atoms with Gasteiger partial charge in [0.1, 0.15) is 0 Å². The van der Waals surface area contributed by atoms with Crippen molar-refractivity contribution in [1.29, 1.82) is 0 Å². The van der Waals surface area contributed by atoms with Crippen LogP contribution >= 0.6 is 0 Å². The molecule has 1 aromatic rings. The van der Waals surface area contributed by atoms with Crippen LogP contribution in [0.1, 0.15) is 45.1 Å². The van der Waals surface area contributed by atoms with Crippen molar-refractivity contribution in [3.63, 3.8) is 0 Å². The zero-order valence-electron chi connectivity index (χ0n) is 11.6. The summed E-state index contributed by atoms with van der Waals surface area (Å²) in [6.07, 6.45) is 2.30. The van der Waals surface area contributed by atoms with E-state index in [2.05, 4.69) is 24.3 Å². The lowest BCUT2D eigenvalue weighted by molar-refractivity contribution is -0.140. The van der Waals surface area contributed by atoms with Crippen LogP contribution < -0.4 is 0 Å². The molecule has 0 N–H and O–H groups in total. The van der Waals surface area contributed by atoms with Crippen LogP contribution in [0.5, 0.6) is 0 Å². The molecule has 2 heteroatoms. The first-order valence-electron chi connectivity index (χ1n) is 6.83. The van der Waals surface area contributed by atoms with Crippen LogP contribution in [0.2, 0.25) is 0 Å². The SMILES string of the molecule is CC(C)(C)C(=O)N1CCCC(c2ccccc2)C1. The van der Waals surface area contributed by atoms with Crippen molar-refractivity contribution >= 4 is 5.91 Å². The summed E-state index contributed by atoms with van der Waals surface area (Å²) in [5.74, 6) is 0.786. The van der Waals surface area contributed by atoms with Crippen LogP contribution in [-0.4, -0.2) is 23.9 Å². The number of hydrogen-bond acceptors (Lipinski definition) is 1. The summed E-state index contributed by atoms with van der Waals surface area (Å²) < 4.78 is 0. The number of rotatable bonds is 1. The molecule has 0 bridgehead atoms. The van der Waals surface area contributed by atoms with Crippen molar-refractivity contribution in [3.8, 4) is 0 Å². The Kier molecular flexibility index (Phi) is 3.74. The third-order valence-corrected chi connectivity index (χ3v) is 3.62. The first-order chi connectivity index (χ1) is 8.48. The third-order valence-electron chi connectivity index (χ3n) is 3.62. The molecular weight excluding hydrogens is 222 g/mol. The molecule has 0 aromatic heterocycles. The summed E-state index contributed by atoms with van der Waals surface area (Å²) in [4.78, 5) is 14.4. The number of nitrogens with zero attached hydrogens (tertiary/aromatic N) is 1. The van der Waals surface area contributed by atoms with E-state index in [9.17, 15) is 4.79 Å². The minimum absolute atomic E-state index is 0.265. The molecule has 1 fully saturated rings. The van der Waals surface area contributed by atoms with Gasteiger partial charge in [0.05, 0.1) is 0 Å². The number of amides is 1. The minimum Gasteiger partial charge on any atom is -0.342 e. The number of benzene rings is 1. The van der Waals surface area contributed by atoms with Gasteiger partial charge in [0.2, 0.25) is 5.91 Å². The number of carbonyl (C=O) groups is 1. The normalized spacial score (nSPS) is 20.8. The summed E-state index contributed by atoms with van der Waals surface area (Å²) >= 11 is 0. The van der Waals surface area contributed by atoms with Crippen LogP contribution in [0, 0.1) is 5.41 Å². The highest BCUT2D eigenvalue weighted by Gasteiger charge is 2.31. The van der Waals surface area contributed by atoms with Crippen LogP contribution in [0.3, 0.4) is 0 Å². The van der Waals surface area contributed by atoms with Crippen molar-refractivity contribution in [2.75, 3.05) is 13.1 Å². The number of carbonyl (C=O) groups excluding carboxylic acids is 1. The second-order valence-corrected chi connectivity index (χ2v) is 6.25. The van der Waals surface area contributed by atoms with Gasteiger partial charge in [-0.05, 0) is 18.4 Å². The topological polar surface area (TPSA) is 20.3 Å². The largest absolute Gasteiger partial charge is 0.342 e. The Balaban J connectivity index is 2.08. The quantitative estimate of drug-likeness (QED) is 0.742. The van der Waals surface area contributed by atoms with Gasteiger partial charge >= 0.3 is 0 Å². The molecule has 18 heavy (non-hydrogen) atoms. The highest BCUT2D eigenvalue weighted by Crippen LogP contribution is 2.29. The summed E-state index contributed by atoms with van der Waals surface area (Å²) in [5, 5.41) is 0. The Morgan fingerprint density at radius 3 is 2.50 bits per heavy atom. The highest BCUT2D eigenvalue weighted by atomic mass is 16.2. The fourth-order valence-electron chi connectivity index (χ4n) is 2.63. The monoisotopic (exact) mass is 245 g/mol. The maximum atomic E-state index is 12.3. The van der Waals surface area contributed by atoms with Crippen molar-refractivity contribution in [3.05, 3.63) is 35.9 Å². The Labute approximate surface area is 110 Å². The van der Waals surface area contributed by atoms with Gasteiger partial charge in [0.25, 0.3) is 0 Å². The van der Waals surface area contributed by atoms with Gasteiger partial charge in [-0.25, -0.2) is 0 Å². The number of piperidine rings is 1. The summed E-state index contributed by atoms with van der Waals surface area (Å²) in [7, 11) is 0. The second kappa shape index (κ2) is 5.13. The molecule has 1 unspecified atom stereocenters. The zero-order chi connectivity index (χ0) is 13.2. The van der Waals surface area contributed by atoms with Crippen molar-refractivity contribution in [1.82, 2.24) is 4.90 Å². The predicted octanol–water partition coefficient (Wildman–Crippen LogP) is 3.44. The lowest BCUT2D eigenvalue weighted by Gasteiger charge is -2.36. The van der Waals surface area contributed by atoms with E-state index in [-0.39, 0.29) is 11.3 Å². The van der Waals surface area contributed by atoms with Gasteiger partial charge in [-0.15, -0.1) is 0 Å². The molecule has 1 aliphatic heterocycles. The van der Waals surface area contributed by atoms with E-state index in [1.807, 2.05) is 31.7 Å². The fraction of sp³-hybridized carbons (Fsp3) is 0.562. The molecule has 1 atom stereocenters. The van der Waals surface area contributed by atoms with Crippen molar-refractivity contribution in [2.45, 2.75) is 39.5 Å². The first-order valence-corrected chi connectivity index (χ1v) is 6.83. The average molecular weight is 245 g/mol. The molecule has 2 rings (SSSR count). The Bertz CT molecular complexity index is 405. The van der Waals surface area contributed by atoms with Crippen LogP contribution in [0.4, 0.5) is 0 Å². The van der Waals surface area contributed by atoms with E-state index in [4.69, 9.17) is 0 Å². The molecular formula is C16H23NO. The van der Waals surface area contributed by atoms with E-state index in [0.29, 0.717) is 5.92 Å². The lowest BCUT2D eigenvalue weighted by atomic mass is 9.88. The Morgan fingerprint density at radius 1 is 1.22 bits per heavy atom.